The molecule has 2 aromatic heterocycles. The maximum atomic E-state index is 12.9. The lowest BCUT2D eigenvalue weighted by Crippen LogP contribution is -2.40. The molecule has 3 aromatic rings. The number of aryl methyl sites for hydroxylation is 2. The summed E-state index contributed by atoms with van der Waals surface area (Å²) < 4.78 is 1.88. The molecule has 1 aliphatic rings. The van der Waals surface area contributed by atoms with Crippen molar-refractivity contribution in [2.75, 3.05) is 11.9 Å². The lowest BCUT2D eigenvalue weighted by atomic mass is 10.0. The van der Waals surface area contributed by atoms with Gasteiger partial charge in [0.15, 0.2) is 0 Å². The number of pyridine rings is 1. The Bertz CT molecular complexity index is 1240. The minimum atomic E-state index is -0.999. The topological polar surface area (TPSA) is 109 Å². The van der Waals surface area contributed by atoms with E-state index in [9.17, 15) is 14.7 Å². The van der Waals surface area contributed by atoms with Gasteiger partial charge in [-0.1, -0.05) is 37.8 Å². The van der Waals surface area contributed by atoms with Gasteiger partial charge in [0.25, 0.3) is 5.91 Å². The average molecular weight is 506 g/mol. The third-order valence-electron chi connectivity index (χ3n) is 6.95. The van der Waals surface area contributed by atoms with E-state index in [1.165, 1.54) is 12.0 Å². The van der Waals surface area contributed by atoms with E-state index < -0.39 is 12.0 Å². The summed E-state index contributed by atoms with van der Waals surface area (Å²) in [5, 5.41) is 21.2. The van der Waals surface area contributed by atoms with Crippen LogP contribution in [0.15, 0.2) is 36.5 Å². The SMILES string of the molecule is CC(C)(C)n1ncc2ccc(C(=O)NC(CCCCCCCc3ccc4c(n3)NCCC4)C(=O)O)cc21. The predicted molar refractivity (Wildman–Crippen MR) is 146 cm³/mol. The monoisotopic (exact) mass is 505 g/mol. The van der Waals surface area contributed by atoms with E-state index in [1.54, 1.807) is 18.3 Å². The van der Waals surface area contributed by atoms with Crippen molar-refractivity contribution in [2.24, 2.45) is 0 Å². The summed E-state index contributed by atoms with van der Waals surface area (Å²) in [7, 11) is 0. The summed E-state index contributed by atoms with van der Waals surface area (Å²) in [6.07, 6.45) is 10.3. The Hall–Kier alpha value is -3.42. The van der Waals surface area contributed by atoms with E-state index in [4.69, 9.17) is 4.98 Å². The molecule has 3 N–H and O–H groups in total. The zero-order valence-electron chi connectivity index (χ0n) is 22.2. The maximum Gasteiger partial charge on any atom is 0.326 e. The normalized spacial score (nSPS) is 14.1. The van der Waals surface area contributed by atoms with Crippen LogP contribution in [0, 0.1) is 0 Å². The molecule has 1 aromatic carbocycles. The van der Waals surface area contributed by atoms with Crippen LogP contribution in [-0.2, 0) is 23.2 Å². The highest BCUT2D eigenvalue weighted by molar-refractivity contribution is 5.99. The summed E-state index contributed by atoms with van der Waals surface area (Å²) in [5.41, 5.74) is 3.51. The van der Waals surface area contributed by atoms with E-state index in [0.29, 0.717) is 12.0 Å². The van der Waals surface area contributed by atoms with Crippen molar-refractivity contribution < 1.29 is 14.7 Å². The van der Waals surface area contributed by atoms with Gasteiger partial charge in [-0.15, -0.1) is 0 Å². The van der Waals surface area contributed by atoms with Crippen molar-refractivity contribution in [3.63, 3.8) is 0 Å². The van der Waals surface area contributed by atoms with E-state index in [0.717, 1.165) is 73.9 Å². The van der Waals surface area contributed by atoms with E-state index in [-0.39, 0.29) is 11.4 Å². The van der Waals surface area contributed by atoms with Gasteiger partial charge in [-0.25, -0.2) is 9.78 Å². The predicted octanol–water partition coefficient (Wildman–Crippen LogP) is 5.31. The number of hydrogen-bond acceptors (Lipinski definition) is 5. The van der Waals surface area contributed by atoms with Crippen molar-refractivity contribution in [1.82, 2.24) is 20.1 Å². The first-order valence-electron chi connectivity index (χ1n) is 13.5. The van der Waals surface area contributed by atoms with Gasteiger partial charge in [-0.2, -0.15) is 5.10 Å². The van der Waals surface area contributed by atoms with Crippen LogP contribution in [0.25, 0.3) is 10.9 Å². The third kappa shape index (κ3) is 6.87. The van der Waals surface area contributed by atoms with Crippen LogP contribution in [-0.4, -0.2) is 44.3 Å². The lowest BCUT2D eigenvalue weighted by molar-refractivity contribution is -0.139. The van der Waals surface area contributed by atoms with Gasteiger partial charge in [-0.3, -0.25) is 9.48 Å². The number of aliphatic carboxylic acids is 1. The second kappa shape index (κ2) is 11.8. The first-order valence-corrected chi connectivity index (χ1v) is 13.5. The number of carboxylic acid groups (broad SMARTS) is 1. The quantitative estimate of drug-likeness (QED) is 0.305. The fourth-order valence-electron chi connectivity index (χ4n) is 4.89. The summed E-state index contributed by atoms with van der Waals surface area (Å²) in [5.74, 6) is -0.325. The minimum Gasteiger partial charge on any atom is -0.480 e. The molecule has 1 aliphatic heterocycles. The van der Waals surface area contributed by atoms with Crippen molar-refractivity contribution in [1.29, 1.82) is 0 Å². The molecular formula is C29H39N5O3. The second-order valence-corrected chi connectivity index (χ2v) is 11.0. The van der Waals surface area contributed by atoms with Gasteiger partial charge >= 0.3 is 5.97 Å². The third-order valence-corrected chi connectivity index (χ3v) is 6.95. The van der Waals surface area contributed by atoms with Crippen molar-refractivity contribution in [3.8, 4) is 0 Å². The maximum absolute atomic E-state index is 12.9. The largest absolute Gasteiger partial charge is 0.480 e. The van der Waals surface area contributed by atoms with E-state index >= 15 is 0 Å². The van der Waals surface area contributed by atoms with Crippen LogP contribution < -0.4 is 10.6 Å². The Labute approximate surface area is 218 Å². The number of hydrogen-bond donors (Lipinski definition) is 3. The number of benzene rings is 1. The molecule has 198 valence electrons. The highest BCUT2D eigenvalue weighted by atomic mass is 16.4. The molecule has 3 heterocycles. The Morgan fingerprint density at radius 1 is 1.11 bits per heavy atom. The van der Waals surface area contributed by atoms with Gasteiger partial charge in [-0.05, 0) is 76.6 Å². The zero-order chi connectivity index (χ0) is 26.4. The molecule has 0 aliphatic carbocycles. The number of nitrogens with one attached hydrogen (secondary N) is 2. The molecule has 1 unspecified atom stereocenters. The second-order valence-electron chi connectivity index (χ2n) is 11.0. The Kier molecular flexibility index (Phi) is 8.46. The average Bonchev–Trinajstić information content (AvgIpc) is 3.31. The molecule has 1 atom stereocenters. The minimum absolute atomic E-state index is 0.227. The summed E-state index contributed by atoms with van der Waals surface area (Å²) >= 11 is 0. The van der Waals surface area contributed by atoms with E-state index in [2.05, 4.69) is 48.6 Å². The molecule has 0 spiro atoms. The summed E-state index contributed by atoms with van der Waals surface area (Å²) in [6, 6.07) is 8.80. The first kappa shape index (κ1) is 26.6. The number of carbonyl (C=O) groups excluding carboxylic acids is 1. The van der Waals surface area contributed by atoms with Crippen LogP contribution in [0.4, 0.5) is 5.82 Å². The molecule has 0 fully saturated rings. The molecule has 1 amide bonds. The number of anilines is 1. The highest BCUT2D eigenvalue weighted by Crippen LogP contribution is 2.23. The molecular weight excluding hydrogens is 466 g/mol. The Morgan fingerprint density at radius 2 is 1.89 bits per heavy atom. The van der Waals surface area contributed by atoms with Crippen molar-refractivity contribution in [3.05, 3.63) is 53.3 Å². The van der Waals surface area contributed by atoms with E-state index in [1.807, 2.05) is 10.7 Å². The van der Waals surface area contributed by atoms with Crippen LogP contribution >= 0.6 is 0 Å². The van der Waals surface area contributed by atoms with Crippen LogP contribution in [0.3, 0.4) is 0 Å². The first-order chi connectivity index (χ1) is 17.7. The number of rotatable bonds is 11. The molecule has 37 heavy (non-hydrogen) atoms. The lowest BCUT2D eigenvalue weighted by Gasteiger charge is -2.20. The Morgan fingerprint density at radius 3 is 2.68 bits per heavy atom. The standard InChI is InChI=1S/C29H39N5O3/c1-29(2,3)34-25-18-21(13-14-22(25)19-31-34)27(35)33-24(28(36)37)12-8-6-4-5-7-11-23-16-15-20-10-9-17-30-26(20)32-23/h13-16,18-19,24H,4-12,17H2,1-3H3,(H,30,32)(H,33,35)(H,36,37). The van der Waals surface area contributed by atoms with Gasteiger partial charge < -0.3 is 15.7 Å². The zero-order valence-corrected chi connectivity index (χ0v) is 22.2. The molecule has 0 saturated carbocycles. The molecule has 0 radical (unpaired) electrons. The smallest absolute Gasteiger partial charge is 0.326 e. The van der Waals surface area contributed by atoms with Gasteiger partial charge in [0.05, 0.1) is 17.3 Å². The Balaban J connectivity index is 1.21. The molecule has 8 heteroatoms. The number of aromatic nitrogens is 3. The number of amides is 1. The fraction of sp³-hybridized carbons (Fsp3) is 0.517. The molecule has 4 rings (SSSR count). The molecule has 0 bridgehead atoms. The van der Waals surface area contributed by atoms with Crippen LogP contribution in [0.1, 0.15) is 87.3 Å². The summed E-state index contributed by atoms with van der Waals surface area (Å²) in [4.78, 5) is 29.4. The van der Waals surface area contributed by atoms with Gasteiger partial charge in [0.2, 0.25) is 0 Å². The number of unbranched alkanes of at least 4 members (excludes halogenated alkanes) is 4. The molecule has 8 nitrogen and oxygen atoms in total. The van der Waals surface area contributed by atoms with Gasteiger partial charge in [0.1, 0.15) is 11.9 Å². The van der Waals surface area contributed by atoms with Crippen LogP contribution in [0.5, 0.6) is 0 Å². The van der Waals surface area contributed by atoms with Crippen molar-refractivity contribution in [2.45, 2.75) is 90.1 Å². The van der Waals surface area contributed by atoms with Crippen LogP contribution in [0.2, 0.25) is 0 Å². The summed E-state index contributed by atoms with van der Waals surface area (Å²) in [6.45, 7) is 7.15. The highest BCUT2D eigenvalue weighted by Gasteiger charge is 2.22. The fourth-order valence-corrected chi connectivity index (χ4v) is 4.89. The number of carbonyl (C=O) groups is 2. The van der Waals surface area contributed by atoms with Gasteiger partial charge in [0, 0.05) is 23.2 Å². The number of nitrogens with zero attached hydrogens (tertiary/aromatic N) is 3. The molecule has 0 saturated heterocycles. The van der Waals surface area contributed by atoms with Crippen molar-refractivity contribution >= 4 is 28.6 Å². The number of carboxylic acids is 1. The number of fused-ring (bicyclic) bond motifs is 2.